The van der Waals surface area contributed by atoms with E-state index < -0.39 is 0 Å². The fourth-order valence-electron chi connectivity index (χ4n) is 2.94. The molecule has 2 aromatic carbocycles. The smallest absolute Gasteiger partial charge is 0.266 e. The lowest BCUT2D eigenvalue weighted by atomic mass is 10.1. The van der Waals surface area contributed by atoms with Gasteiger partial charge in [0.25, 0.3) is 11.8 Å². The van der Waals surface area contributed by atoms with Gasteiger partial charge in [0.05, 0.1) is 23.0 Å². The SMILES string of the molecule is CCn1cc(COc2ccc(N3C(=O)c4ccccc4C3=O)cc2)cn1. The number of imide groups is 1. The molecular formula is C20H17N3O3. The molecule has 1 aromatic heterocycles. The van der Waals surface area contributed by atoms with Crippen molar-refractivity contribution in [1.29, 1.82) is 0 Å². The van der Waals surface area contributed by atoms with E-state index in [2.05, 4.69) is 5.10 Å². The summed E-state index contributed by atoms with van der Waals surface area (Å²) >= 11 is 0. The molecule has 0 saturated carbocycles. The zero-order valence-corrected chi connectivity index (χ0v) is 14.3. The van der Waals surface area contributed by atoms with E-state index in [0.717, 1.165) is 12.1 Å². The van der Waals surface area contributed by atoms with Crippen LogP contribution < -0.4 is 9.64 Å². The molecular weight excluding hydrogens is 330 g/mol. The molecule has 0 fully saturated rings. The van der Waals surface area contributed by atoms with Crippen LogP contribution in [0.1, 0.15) is 33.2 Å². The van der Waals surface area contributed by atoms with E-state index in [4.69, 9.17) is 4.74 Å². The average molecular weight is 347 g/mol. The zero-order chi connectivity index (χ0) is 18.1. The summed E-state index contributed by atoms with van der Waals surface area (Å²) < 4.78 is 7.58. The van der Waals surface area contributed by atoms with Gasteiger partial charge in [-0.15, -0.1) is 0 Å². The van der Waals surface area contributed by atoms with Crippen LogP contribution in [0.25, 0.3) is 0 Å². The molecule has 0 saturated heterocycles. The highest BCUT2D eigenvalue weighted by atomic mass is 16.5. The summed E-state index contributed by atoms with van der Waals surface area (Å²) in [6.07, 6.45) is 3.71. The topological polar surface area (TPSA) is 64.4 Å². The molecule has 0 N–H and O–H groups in total. The summed E-state index contributed by atoms with van der Waals surface area (Å²) in [5.41, 5.74) is 2.38. The maximum atomic E-state index is 12.5. The van der Waals surface area contributed by atoms with Gasteiger partial charge in [0.1, 0.15) is 12.4 Å². The normalized spacial score (nSPS) is 13.2. The van der Waals surface area contributed by atoms with Gasteiger partial charge in [0.2, 0.25) is 0 Å². The summed E-state index contributed by atoms with van der Waals surface area (Å²) in [7, 11) is 0. The number of anilines is 1. The summed E-state index contributed by atoms with van der Waals surface area (Å²) in [6.45, 7) is 3.25. The van der Waals surface area contributed by atoms with Gasteiger partial charge in [0.15, 0.2) is 0 Å². The van der Waals surface area contributed by atoms with Crippen molar-refractivity contribution in [2.75, 3.05) is 4.90 Å². The van der Waals surface area contributed by atoms with Crippen LogP contribution in [0.3, 0.4) is 0 Å². The van der Waals surface area contributed by atoms with Crippen molar-refractivity contribution >= 4 is 17.5 Å². The third-order valence-electron chi connectivity index (χ3n) is 4.31. The minimum Gasteiger partial charge on any atom is -0.489 e. The predicted octanol–water partition coefficient (Wildman–Crippen LogP) is 3.28. The maximum absolute atomic E-state index is 12.5. The van der Waals surface area contributed by atoms with E-state index >= 15 is 0 Å². The molecule has 2 heterocycles. The lowest BCUT2D eigenvalue weighted by Crippen LogP contribution is -2.29. The van der Waals surface area contributed by atoms with Crippen LogP contribution in [0.15, 0.2) is 60.9 Å². The van der Waals surface area contributed by atoms with Crippen molar-refractivity contribution in [3.63, 3.8) is 0 Å². The van der Waals surface area contributed by atoms with Crippen LogP contribution in [-0.2, 0) is 13.2 Å². The molecule has 0 unspecified atom stereocenters. The van der Waals surface area contributed by atoms with Gasteiger partial charge in [-0.2, -0.15) is 5.10 Å². The van der Waals surface area contributed by atoms with Crippen molar-refractivity contribution in [2.24, 2.45) is 0 Å². The molecule has 2 amide bonds. The lowest BCUT2D eigenvalue weighted by Gasteiger charge is -2.14. The standard InChI is InChI=1S/C20H17N3O3/c1-2-22-12-14(11-21-22)13-26-16-9-7-15(8-10-16)23-19(24)17-5-3-4-6-18(17)20(23)25/h3-12H,2,13H2,1H3. The fraction of sp³-hybridized carbons (Fsp3) is 0.150. The molecule has 0 aliphatic carbocycles. The monoisotopic (exact) mass is 347 g/mol. The number of aromatic nitrogens is 2. The molecule has 0 atom stereocenters. The number of ether oxygens (including phenoxy) is 1. The van der Waals surface area contributed by atoms with Gasteiger partial charge in [-0.05, 0) is 43.3 Å². The average Bonchev–Trinajstić information content (AvgIpc) is 3.24. The predicted molar refractivity (Wildman–Crippen MR) is 96.3 cm³/mol. The number of rotatable bonds is 5. The number of carbonyl (C=O) groups excluding carboxylic acids is 2. The maximum Gasteiger partial charge on any atom is 0.266 e. The Hall–Kier alpha value is -3.41. The van der Waals surface area contributed by atoms with Crippen LogP contribution in [-0.4, -0.2) is 21.6 Å². The number of nitrogens with zero attached hydrogens (tertiary/aromatic N) is 3. The summed E-state index contributed by atoms with van der Waals surface area (Å²) in [5, 5.41) is 4.20. The second-order valence-corrected chi connectivity index (χ2v) is 5.98. The number of hydrogen-bond donors (Lipinski definition) is 0. The number of hydrogen-bond acceptors (Lipinski definition) is 4. The van der Waals surface area contributed by atoms with Crippen LogP contribution in [0.2, 0.25) is 0 Å². The largest absolute Gasteiger partial charge is 0.489 e. The Kier molecular flexibility index (Phi) is 4.01. The molecule has 0 spiro atoms. The number of fused-ring (bicyclic) bond motifs is 1. The van der Waals surface area contributed by atoms with Crippen molar-refractivity contribution in [3.8, 4) is 5.75 Å². The molecule has 6 heteroatoms. The second kappa shape index (κ2) is 6.48. The minimum absolute atomic E-state index is 0.300. The summed E-state index contributed by atoms with van der Waals surface area (Å²) in [6, 6.07) is 13.8. The van der Waals surface area contributed by atoms with Crippen LogP contribution in [0.4, 0.5) is 5.69 Å². The molecule has 6 nitrogen and oxygen atoms in total. The number of carbonyl (C=O) groups is 2. The van der Waals surface area contributed by atoms with Gasteiger partial charge in [0, 0.05) is 18.3 Å². The first-order valence-electron chi connectivity index (χ1n) is 8.39. The Morgan fingerprint density at radius 3 is 2.19 bits per heavy atom. The Morgan fingerprint density at radius 2 is 1.62 bits per heavy atom. The van der Waals surface area contributed by atoms with E-state index in [0.29, 0.717) is 29.2 Å². The zero-order valence-electron chi connectivity index (χ0n) is 14.3. The molecule has 1 aliphatic heterocycles. The van der Waals surface area contributed by atoms with Gasteiger partial charge >= 0.3 is 0 Å². The third kappa shape index (κ3) is 2.75. The first-order valence-corrected chi connectivity index (χ1v) is 8.39. The van der Waals surface area contributed by atoms with E-state index in [1.807, 2.05) is 17.8 Å². The minimum atomic E-state index is -0.300. The Labute approximate surface area is 150 Å². The van der Waals surface area contributed by atoms with Crippen molar-refractivity contribution < 1.29 is 14.3 Å². The molecule has 0 radical (unpaired) electrons. The van der Waals surface area contributed by atoms with Gasteiger partial charge in [-0.25, -0.2) is 4.90 Å². The van der Waals surface area contributed by atoms with Gasteiger partial charge in [-0.1, -0.05) is 12.1 Å². The quantitative estimate of drug-likeness (QED) is 0.665. The number of aryl methyl sites for hydroxylation is 1. The Balaban J connectivity index is 1.48. The van der Waals surface area contributed by atoms with E-state index in [9.17, 15) is 9.59 Å². The second-order valence-electron chi connectivity index (χ2n) is 5.98. The lowest BCUT2D eigenvalue weighted by molar-refractivity contribution is 0.0926. The summed E-state index contributed by atoms with van der Waals surface area (Å²) in [4.78, 5) is 26.2. The van der Waals surface area contributed by atoms with Crippen molar-refractivity contribution in [1.82, 2.24) is 9.78 Å². The highest BCUT2D eigenvalue weighted by Gasteiger charge is 2.36. The highest BCUT2D eigenvalue weighted by molar-refractivity contribution is 6.34. The van der Waals surface area contributed by atoms with E-state index in [1.165, 1.54) is 4.90 Å². The van der Waals surface area contributed by atoms with Crippen LogP contribution >= 0.6 is 0 Å². The molecule has 3 aromatic rings. The molecule has 0 bridgehead atoms. The molecule has 130 valence electrons. The Morgan fingerprint density at radius 1 is 0.962 bits per heavy atom. The van der Waals surface area contributed by atoms with Crippen molar-refractivity contribution in [3.05, 3.63) is 77.6 Å². The van der Waals surface area contributed by atoms with Gasteiger partial charge in [-0.3, -0.25) is 14.3 Å². The molecule has 26 heavy (non-hydrogen) atoms. The fourth-order valence-corrected chi connectivity index (χ4v) is 2.94. The van der Waals surface area contributed by atoms with Crippen LogP contribution in [0, 0.1) is 0 Å². The van der Waals surface area contributed by atoms with Crippen molar-refractivity contribution in [2.45, 2.75) is 20.1 Å². The number of amides is 2. The van der Waals surface area contributed by atoms with Gasteiger partial charge < -0.3 is 4.74 Å². The third-order valence-corrected chi connectivity index (χ3v) is 4.31. The van der Waals surface area contributed by atoms with E-state index in [1.54, 1.807) is 54.7 Å². The first-order chi connectivity index (χ1) is 12.7. The molecule has 1 aliphatic rings. The molecule has 4 rings (SSSR count). The highest BCUT2D eigenvalue weighted by Crippen LogP contribution is 2.29. The Bertz CT molecular complexity index is 941. The van der Waals surface area contributed by atoms with E-state index in [-0.39, 0.29) is 11.8 Å². The number of benzene rings is 2. The van der Waals surface area contributed by atoms with Crippen LogP contribution in [0.5, 0.6) is 5.75 Å². The first kappa shape index (κ1) is 16.1. The summed E-state index contributed by atoms with van der Waals surface area (Å²) in [5.74, 6) is 0.0621.